The predicted molar refractivity (Wildman–Crippen MR) is 129 cm³/mol. The summed E-state index contributed by atoms with van der Waals surface area (Å²) < 4.78 is 17.4. The number of fused-ring (bicyclic) bond motifs is 1. The van der Waals surface area contributed by atoms with E-state index in [0.29, 0.717) is 47.3 Å². The van der Waals surface area contributed by atoms with Crippen LogP contribution in [0.15, 0.2) is 42.5 Å². The van der Waals surface area contributed by atoms with E-state index in [1.807, 2.05) is 0 Å². The van der Waals surface area contributed by atoms with Crippen molar-refractivity contribution < 1.29 is 28.9 Å². The maximum Gasteiger partial charge on any atom is 0.261 e. The quantitative estimate of drug-likeness (QED) is 0.628. The normalized spacial score (nSPS) is 26.2. The van der Waals surface area contributed by atoms with E-state index in [2.05, 4.69) is 5.32 Å². The van der Waals surface area contributed by atoms with Gasteiger partial charge in [0.2, 0.25) is 0 Å². The van der Waals surface area contributed by atoms with E-state index in [1.54, 1.807) is 47.4 Å². The molecule has 3 aliphatic rings. The van der Waals surface area contributed by atoms with Gasteiger partial charge in [0.25, 0.3) is 11.8 Å². The molecule has 0 unspecified atom stereocenters. The lowest BCUT2D eigenvalue weighted by molar-refractivity contribution is -0.156. The number of benzene rings is 2. The van der Waals surface area contributed by atoms with Crippen molar-refractivity contribution in [3.63, 3.8) is 0 Å². The third-order valence-corrected chi connectivity index (χ3v) is 6.99. The molecule has 3 aliphatic heterocycles. The number of aliphatic hydroxyl groups is 1. The van der Waals surface area contributed by atoms with Gasteiger partial charge in [0.05, 0.1) is 31.8 Å². The van der Waals surface area contributed by atoms with Crippen LogP contribution in [0.2, 0.25) is 10.0 Å². The standard InChI is InChI=1S/C25H26Cl2N2O6/c26-14-1-5-17(6-2-14)34-18-11-29(12-18)25(32)22-8-4-16(13-33-22)28-24(31)23-10-20(30)19-9-15(27)3-7-21(19)35-23/h1-3,5-7,9,16,18,20,22-23,30H,4,8,10-13H2,(H,28,31)/t16-,20+,22+,23+/m1/s1. The van der Waals surface area contributed by atoms with Gasteiger partial charge in [0.15, 0.2) is 6.10 Å². The Bertz CT molecular complexity index is 1080. The van der Waals surface area contributed by atoms with Crippen LogP contribution in [-0.4, -0.2) is 65.9 Å². The van der Waals surface area contributed by atoms with Crippen LogP contribution < -0.4 is 14.8 Å². The molecular formula is C25H26Cl2N2O6. The first-order chi connectivity index (χ1) is 16.9. The van der Waals surface area contributed by atoms with E-state index >= 15 is 0 Å². The lowest BCUT2D eigenvalue weighted by Crippen LogP contribution is -2.60. The van der Waals surface area contributed by atoms with Crippen molar-refractivity contribution in [2.45, 2.75) is 49.7 Å². The van der Waals surface area contributed by atoms with Gasteiger partial charge in [-0.15, -0.1) is 0 Å². The zero-order chi connectivity index (χ0) is 24.5. The number of likely N-dealkylation sites (tertiary alicyclic amines) is 1. The summed E-state index contributed by atoms with van der Waals surface area (Å²) in [6, 6.07) is 11.9. The number of carbonyl (C=O) groups is 2. The Balaban J connectivity index is 1.05. The second-order valence-corrected chi connectivity index (χ2v) is 9.95. The van der Waals surface area contributed by atoms with Crippen molar-refractivity contribution in [2.24, 2.45) is 0 Å². The van der Waals surface area contributed by atoms with E-state index in [0.717, 1.165) is 5.75 Å². The first kappa shape index (κ1) is 24.2. The van der Waals surface area contributed by atoms with Crippen LogP contribution in [0.3, 0.4) is 0 Å². The van der Waals surface area contributed by atoms with Gasteiger partial charge in [-0.3, -0.25) is 9.59 Å². The average molecular weight is 521 g/mol. The summed E-state index contributed by atoms with van der Waals surface area (Å²) >= 11 is 11.9. The summed E-state index contributed by atoms with van der Waals surface area (Å²) in [7, 11) is 0. The molecule has 2 amide bonds. The minimum atomic E-state index is -0.832. The second kappa shape index (κ2) is 10.2. The Morgan fingerprint density at radius 3 is 2.49 bits per heavy atom. The topological polar surface area (TPSA) is 97.3 Å². The Hall–Kier alpha value is -2.52. The summed E-state index contributed by atoms with van der Waals surface area (Å²) in [5.74, 6) is 0.806. The third kappa shape index (κ3) is 5.51. The third-order valence-electron chi connectivity index (χ3n) is 6.50. The van der Waals surface area contributed by atoms with Crippen LogP contribution in [0, 0.1) is 0 Å². The van der Waals surface area contributed by atoms with Gasteiger partial charge in [-0.1, -0.05) is 23.2 Å². The minimum absolute atomic E-state index is 0.0530. The maximum atomic E-state index is 12.8. The zero-order valence-electron chi connectivity index (χ0n) is 18.9. The van der Waals surface area contributed by atoms with Gasteiger partial charge < -0.3 is 29.5 Å². The highest BCUT2D eigenvalue weighted by Crippen LogP contribution is 2.36. The molecule has 3 heterocycles. The fourth-order valence-corrected chi connectivity index (χ4v) is 4.84. The predicted octanol–water partition coefficient (Wildman–Crippen LogP) is 3.13. The Kier molecular flexibility index (Phi) is 7.07. The van der Waals surface area contributed by atoms with Gasteiger partial charge in [-0.05, 0) is 55.3 Å². The molecule has 2 aromatic rings. The van der Waals surface area contributed by atoms with Gasteiger partial charge in [0, 0.05) is 22.0 Å². The minimum Gasteiger partial charge on any atom is -0.487 e. The number of nitrogens with one attached hydrogen (secondary N) is 1. The summed E-state index contributed by atoms with van der Waals surface area (Å²) in [5, 5.41) is 14.5. The highest BCUT2D eigenvalue weighted by Gasteiger charge is 2.39. The van der Waals surface area contributed by atoms with Gasteiger partial charge in [0.1, 0.15) is 23.7 Å². The summed E-state index contributed by atoms with van der Waals surface area (Å²) in [5.41, 5.74) is 0.579. The molecule has 8 nitrogen and oxygen atoms in total. The number of rotatable bonds is 5. The monoisotopic (exact) mass is 520 g/mol. The molecule has 2 aromatic carbocycles. The smallest absolute Gasteiger partial charge is 0.261 e. The number of hydrogen-bond acceptors (Lipinski definition) is 6. The van der Waals surface area contributed by atoms with Gasteiger partial charge in [-0.25, -0.2) is 0 Å². The van der Waals surface area contributed by atoms with Crippen LogP contribution in [-0.2, 0) is 14.3 Å². The second-order valence-electron chi connectivity index (χ2n) is 9.08. The largest absolute Gasteiger partial charge is 0.487 e. The lowest BCUT2D eigenvalue weighted by Gasteiger charge is -2.41. The zero-order valence-corrected chi connectivity index (χ0v) is 20.4. The molecule has 2 saturated heterocycles. The molecule has 0 aromatic heterocycles. The highest BCUT2D eigenvalue weighted by molar-refractivity contribution is 6.30. The van der Waals surface area contributed by atoms with Crippen molar-refractivity contribution in [3.05, 3.63) is 58.1 Å². The SMILES string of the molecule is O=C(N[C@@H]1CC[C@@H](C(=O)N2CC(Oc3ccc(Cl)cc3)C2)OC1)[C@@H]1C[C@H](O)c2cc(Cl)ccc2O1. The number of halogens is 2. The van der Waals surface area contributed by atoms with Gasteiger partial charge >= 0.3 is 0 Å². The first-order valence-corrected chi connectivity index (χ1v) is 12.4. The summed E-state index contributed by atoms with van der Waals surface area (Å²) in [4.78, 5) is 27.2. The molecule has 186 valence electrons. The van der Waals surface area contributed by atoms with Crippen LogP contribution in [0.5, 0.6) is 11.5 Å². The maximum absolute atomic E-state index is 12.8. The van der Waals surface area contributed by atoms with Crippen molar-refractivity contribution >= 4 is 35.0 Å². The number of aliphatic hydroxyl groups excluding tert-OH is 1. The molecule has 0 bridgehead atoms. The first-order valence-electron chi connectivity index (χ1n) is 11.6. The molecule has 10 heteroatoms. The van der Waals surface area contributed by atoms with E-state index in [1.165, 1.54) is 0 Å². The summed E-state index contributed by atoms with van der Waals surface area (Å²) in [6.45, 7) is 1.26. The molecule has 2 N–H and O–H groups in total. The Labute approximate surface area is 213 Å². The molecule has 2 fully saturated rings. The number of carbonyl (C=O) groups excluding carboxylic acids is 2. The molecule has 4 atom stereocenters. The summed E-state index contributed by atoms with van der Waals surface area (Å²) in [6.07, 6.45) is -0.951. The molecular weight excluding hydrogens is 495 g/mol. The van der Waals surface area contributed by atoms with Crippen LogP contribution in [0.25, 0.3) is 0 Å². The molecule has 0 spiro atoms. The van der Waals surface area contributed by atoms with Crippen molar-refractivity contribution in [3.8, 4) is 11.5 Å². The lowest BCUT2D eigenvalue weighted by atomic mass is 9.98. The fourth-order valence-electron chi connectivity index (χ4n) is 4.53. The molecule has 35 heavy (non-hydrogen) atoms. The van der Waals surface area contributed by atoms with E-state index in [-0.39, 0.29) is 37.0 Å². The van der Waals surface area contributed by atoms with Crippen LogP contribution in [0.4, 0.5) is 0 Å². The number of hydrogen-bond donors (Lipinski definition) is 2. The molecule has 0 aliphatic carbocycles. The molecule has 0 saturated carbocycles. The van der Waals surface area contributed by atoms with Gasteiger partial charge in [-0.2, -0.15) is 0 Å². The van der Waals surface area contributed by atoms with Crippen molar-refractivity contribution in [1.82, 2.24) is 10.2 Å². The van der Waals surface area contributed by atoms with E-state index in [9.17, 15) is 14.7 Å². The van der Waals surface area contributed by atoms with Crippen molar-refractivity contribution in [2.75, 3.05) is 19.7 Å². The van der Waals surface area contributed by atoms with Crippen LogP contribution >= 0.6 is 23.2 Å². The number of nitrogens with zero attached hydrogens (tertiary/aromatic N) is 1. The molecule has 5 rings (SSSR count). The molecule has 0 radical (unpaired) electrons. The van der Waals surface area contributed by atoms with E-state index in [4.69, 9.17) is 37.4 Å². The number of amides is 2. The van der Waals surface area contributed by atoms with Crippen LogP contribution in [0.1, 0.15) is 30.9 Å². The Morgan fingerprint density at radius 1 is 1.03 bits per heavy atom. The highest BCUT2D eigenvalue weighted by atomic mass is 35.5. The van der Waals surface area contributed by atoms with Crippen molar-refractivity contribution in [1.29, 1.82) is 0 Å². The van der Waals surface area contributed by atoms with E-state index < -0.39 is 18.3 Å². The fraction of sp³-hybridized carbons (Fsp3) is 0.440. The average Bonchev–Trinajstić information content (AvgIpc) is 2.82. The Morgan fingerprint density at radius 2 is 1.77 bits per heavy atom. The number of ether oxygens (including phenoxy) is 3.